The molecular formula is C31H30ClN7O. The van der Waals surface area contributed by atoms with Gasteiger partial charge in [-0.3, -0.25) is 14.3 Å². The van der Waals surface area contributed by atoms with E-state index >= 15 is 0 Å². The number of fused-ring (bicyclic) bond motifs is 1. The highest BCUT2D eigenvalue weighted by molar-refractivity contribution is 6.33. The van der Waals surface area contributed by atoms with Gasteiger partial charge in [0.15, 0.2) is 0 Å². The summed E-state index contributed by atoms with van der Waals surface area (Å²) in [5.74, 6) is 0.438. The van der Waals surface area contributed by atoms with E-state index in [1.54, 1.807) is 23.2 Å². The molecule has 0 saturated carbocycles. The van der Waals surface area contributed by atoms with Crippen LogP contribution in [0.2, 0.25) is 5.02 Å². The number of nitrogens with zero attached hydrogens (tertiary/aromatic N) is 6. The van der Waals surface area contributed by atoms with Crippen molar-refractivity contribution in [2.75, 3.05) is 43.4 Å². The first kappa shape index (κ1) is 26.0. The Labute approximate surface area is 237 Å². The molecule has 2 aromatic carbocycles. The average molecular weight is 552 g/mol. The number of aryl methyl sites for hydroxylation is 1. The highest BCUT2D eigenvalue weighted by Crippen LogP contribution is 2.32. The zero-order chi connectivity index (χ0) is 27.6. The summed E-state index contributed by atoms with van der Waals surface area (Å²) in [6.07, 6.45) is 5.27. The number of anilines is 3. The number of hydrogen-bond donors (Lipinski definition) is 1. The van der Waals surface area contributed by atoms with Crippen LogP contribution in [0.1, 0.15) is 6.92 Å². The third-order valence-electron chi connectivity index (χ3n) is 7.39. The van der Waals surface area contributed by atoms with Gasteiger partial charge >= 0.3 is 0 Å². The fourth-order valence-electron chi connectivity index (χ4n) is 5.10. The topological polar surface area (TPSA) is 79.2 Å². The molecule has 0 atom stereocenters. The highest BCUT2D eigenvalue weighted by atomic mass is 35.5. The van der Waals surface area contributed by atoms with Crippen molar-refractivity contribution >= 4 is 40.0 Å². The van der Waals surface area contributed by atoms with Crippen LogP contribution in [0.4, 0.5) is 17.3 Å². The van der Waals surface area contributed by atoms with E-state index in [0.717, 1.165) is 48.4 Å². The van der Waals surface area contributed by atoms with Gasteiger partial charge < -0.3 is 15.1 Å². The van der Waals surface area contributed by atoms with Crippen LogP contribution in [-0.4, -0.2) is 57.6 Å². The first-order valence-corrected chi connectivity index (χ1v) is 13.8. The molecule has 9 heteroatoms. The monoisotopic (exact) mass is 551 g/mol. The van der Waals surface area contributed by atoms with Crippen molar-refractivity contribution < 1.29 is 0 Å². The third kappa shape index (κ3) is 5.15. The lowest BCUT2D eigenvalue weighted by Gasteiger charge is -2.34. The largest absolute Gasteiger partial charge is 0.369 e. The molecule has 5 aromatic rings. The Bertz CT molecular complexity index is 1710. The Morgan fingerprint density at radius 1 is 0.925 bits per heavy atom. The SMILES string of the molecule is CCn1c(=O)c(-c2ccc(-c3cccnc3)cc2Cl)cc2cnc(Nc3ccc(N4CCN(C)CC4)cc3)nc21. The molecule has 0 unspecified atom stereocenters. The van der Waals surface area contributed by atoms with Crippen LogP contribution in [-0.2, 0) is 6.54 Å². The third-order valence-corrected chi connectivity index (χ3v) is 7.70. The van der Waals surface area contributed by atoms with Gasteiger partial charge in [0.1, 0.15) is 5.65 Å². The number of likely N-dealkylation sites (N-methyl/N-ethyl adjacent to an activating group) is 1. The minimum Gasteiger partial charge on any atom is -0.369 e. The van der Waals surface area contributed by atoms with Crippen LogP contribution in [0.25, 0.3) is 33.3 Å². The van der Waals surface area contributed by atoms with Crippen molar-refractivity contribution in [3.8, 4) is 22.3 Å². The normalized spacial score (nSPS) is 14.0. The number of rotatable bonds is 6. The van der Waals surface area contributed by atoms with Crippen LogP contribution in [0.15, 0.2) is 84.0 Å². The molecule has 1 aliphatic rings. The highest BCUT2D eigenvalue weighted by Gasteiger charge is 2.17. The van der Waals surface area contributed by atoms with E-state index in [9.17, 15) is 4.79 Å². The van der Waals surface area contributed by atoms with E-state index in [-0.39, 0.29) is 5.56 Å². The van der Waals surface area contributed by atoms with Gasteiger partial charge in [-0.05, 0) is 62.0 Å². The number of benzene rings is 2. The van der Waals surface area contributed by atoms with E-state index in [1.165, 1.54) is 5.69 Å². The number of nitrogens with one attached hydrogen (secondary N) is 1. The lowest BCUT2D eigenvalue weighted by atomic mass is 10.0. The van der Waals surface area contributed by atoms with Gasteiger partial charge in [0.05, 0.1) is 0 Å². The van der Waals surface area contributed by atoms with E-state index in [2.05, 4.69) is 44.3 Å². The number of halogens is 1. The van der Waals surface area contributed by atoms with Crippen LogP contribution >= 0.6 is 11.6 Å². The van der Waals surface area contributed by atoms with Crippen LogP contribution in [0.3, 0.4) is 0 Å². The van der Waals surface area contributed by atoms with Crippen LogP contribution in [0, 0.1) is 0 Å². The van der Waals surface area contributed by atoms with Crippen molar-refractivity contribution in [1.29, 1.82) is 0 Å². The smallest absolute Gasteiger partial charge is 0.260 e. The number of piperazine rings is 1. The second-order valence-corrected chi connectivity index (χ2v) is 10.4. The van der Waals surface area contributed by atoms with Crippen molar-refractivity contribution in [2.45, 2.75) is 13.5 Å². The molecule has 202 valence electrons. The Balaban J connectivity index is 1.28. The second kappa shape index (κ2) is 11.1. The second-order valence-electron chi connectivity index (χ2n) is 9.98. The first-order chi connectivity index (χ1) is 19.5. The molecule has 8 nitrogen and oxygen atoms in total. The summed E-state index contributed by atoms with van der Waals surface area (Å²) in [5, 5.41) is 4.55. The lowest BCUT2D eigenvalue weighted by Crippen LogP contribution is -2.44. The summed E-state index contributed by atoms with van der Waals surface area (Å²) in [4.78, 5) is 31.8. The quantitative estimate of drug-likeness (QED) is 0.290. The van der Waals surface area contributed by atoms with Gasteiger partial charge in [-0.25, -0.2) is 4.98 Å². The standard InChI is InChI=1S/C31H30ClN7O/c1-3-39-29-23(17-27(30(39)40)26-11-6-21(18-28(26)32)22-5-4-12-33-19-22)20-34-31(36-29)35-24-7-9-25(10-8-24)38-15-13-37(2)14-16-38/h4-12,17-20H,3,13-16H2,1-2H3,(H,34,35,36). The maximum atomic E-state index is 13.6. The van der Waals surface area contributed by atoms with E-state index in [4.69, 9.17) is 16.6 Å². The lowest BCUT2D eigenvalue weighted by molar-refractivity contribution is 0.313. The molecule has 40 heavy (non-hydrogen) atoms. The van der Waals surface area contributed by atoms with Crippen molar-refractivity contribution in [3.05, 3.63) is 94.6 Å². The van der Waals surface area contributed by atoms with Crippen molar-refractivity contribution in [1.82, 2.24) is 24.4 Å². The first-order valence-electron chi connectivity index (χ1n) is 13.4. The number of pyridine rings is 2. The fraction of sp³-hybridized carbons (Fsp3) is 0.226. The van der Waals surface area contributed by atoms with E-state index in [1.807, 2.05) is 55.5 Å². The van der Waals surface area contributed by atoms with E-state index < -0.39 is 0 Å². The van der Waals surface area contributed by atoms with Gasteiger partial charge in [0, 0.05) is 89.8 Å². The maximum absolute atomic E-state index is 13.6. The molecule has 0 aliphatic carbocycles. The predicted octanol–water partition coefficient (Wildman–Crippen LogP) is 5.69. The zero-order valence-electron chi connectivity index (χ0n) is 22.5. The van der Waals surface area contributed by atoms with Gasteiger partial charge in [-0.1, -0.05) is 29.8 Å². The molecule has 1 aliphatic heterocycles. The van der Waals surface area contributed by atoms with Gasteiger partial charge in [-0.15, -0.1) is 0 Å². The van der Waals surface area contributed by atoms with Crippen molar-refractivity contribution in [2.24, 2.45) is 0 Å². The van der Waals surface area contributed by atoms with E-state index in [0.29, 0.717) is 34.3 Å². The molecule has 6 rings (SSSR count). The van der Waals surface area contributed by atoms with Gasteiger partial charge in [0.25, 0.3) is 5.56 Å². The molecule has 4 heterocycles. The molecule has 1 saturated heterocycles. The summed E-state index contributed by atoms with van der Waals surface area (Å²) in [5.41, 5.74) is 5.61. The van der Waals surface area contributed by atoms with Gasteiger partial charge in [0.2, 0.25) is 5.95 Å². The average Bonchev–Trinajstić information content (AvgIpc) is 2.98. The molecule has 0 bridgehead atoms. The van der Waals surface area contributed by atoms with Gasteiger partial charge in [-0.2, -0.15) is 4.98 Å². The zero-order valence-corrected chi connectivity index (χ0v) is 23.3. The molecule has 0 amide bonds. The van der Waals surface area contributed by atoms with Crippen molar-refractivity contribution in [3.63, 3.8) is 0 Å². The molecule has 1 N–H and O–H groups in total. The Morgan fingerprint density at radius 3 is 2.42 bits per heavy atom. The minimum atomic E-state index is -0.146. The summed E-state index contributed by atoms with van der Waals surface area (Å²) in [6.45, 7) is 6.57. The summed E-state index contributed by atoms with van der Waals surface area (Å²) < 4.78 is 1.67. The minimum absolute atomic E-state index is 0.146. The Kier molecular flexibility index (Phi) is 7.19. The van der Waals surface area contributed by atoms with Crippen LogP contribution in [0.5, 0.6) is 0 Å². The molecule has 1 fully saturated rings. The fourth-order valence-corrected chi connectivity index (χ4v) is 5.38. The maximum Gasteiger partial charge on any atom is 0.260 e. The Hall–Kier alpha value is -4.27. The Morgan fingerprint density at radius 2 is 1.73 bits per heavy atom. The number of hydrogen-bond acceptors (Lipinski definition) is 7. The summed E-state index contributed by atoms with van der Waals surface area (Å²) in [6, 6.07) is 19.7. The predicted molar refractivity (Wildman–Crippen MR) is 163 cm³/mol. The molecule has 3 aromatic heterocycles. The molecule has 0 spiro atoms. The summed E-state index contributed by atoms with van der Waals surface area (Å²) >= 11 is 6.70. The molecule has 0 radical (unpaired) electrons. The summed E-state index contributed by atoms with van der Waals surface area (Å²) in [7, 11) is 2.16. The molecular weight excluding hydrogens is 522 g/mol. The number of aromatic nitrogens is 4. The van der Waals surface area contributed by atoms with Crippen LogP contribution < -0.4 is 15.8 Å².